The number of carbonyl (C=O) groups excluding carboxylic acids is 1. The van der Waals surface area contributed by atoms with E-state index in [4.69, 9.17) is 0 Å². The highest BCUT2D eigenvalue weighted by atomic mass is 32.2. The van der Waals surface area contributed by atoms with Gasteiger partial charge in [-0.1, -0.05) is 79.7 Å². The number of rotatable bonds is 8. The fourth-order valence-electron chi connectivity index (χ4n) is 3.91. The Morgan fingerprint density at radius 1 is 0.853 bits per heavy atom. The zero-order valence-corrected chi connectivity index (χ0v) is 20.1. The van der Waals surface area contributed by atoms with Crippen molar-refractivity contribution in [2.45, 2.75) is 19.4 Å². The normalized spacial score (nSPS) is 12.3. The van der Waals surface area contributed by atoms with E-state index in [1.165, 1.54) is 16.1 Å². The van der Waals surface area contributed by atoms with Crippen LogP contribution in [0.3, 0.4) is 0 Å². The van der Waals surface area contributed by atoms with Crippen LogP contribution < -0.4 is 9.62 Å². The van der Waals surface area contributed by atoms with Crippen LogP contribution in [-0.2, 0) is 16.6 Å². The predicted molar refractivity (Wildman–Crippen MR) is 139 cm³/mol. The summed E-state index contributed by atoms with van der Waals surface area (Å²) in [6, 6.07) is 30.6. The first-order valence-electron chi connectivity index (χ1n) is 11.2. The number of benzene rings is 4. The number of carbonyl (C=O) groups is 1. The molecule has 0 aliphatic carbocycles. The van der Waals surface area contributed by atoms with Crippen LogP contribution in [0.15, 0.2) is 97.1 Å². The Balaban J connectivity index is 1.45. The van der Waals surface area contributed by atoms with Crippen LogP contribution in [-0.4, -0.2) is 27.1 Å². The number of amides is 1. The highest BCUT2D eigenvalue weighted by Gasteiger charge is 2.19. The highest BCUT2D eigenvalue weighted by molar-refractivity contribution is 7.92. The number of nitrogens with zero attached hydrogens (tertiary/aromatic N) is 1. The van der Waals surface area contributed by atoms with Gasteiger partial charge in [0, 0.05) is 12.1 Å². The van der Waals surface area contributed by atoms with Crippen molar-refractivity contribution in [3.05, 3.63) is 114 Å². The summed E-state index contributed by atoms with van der Waals surface area (Å²) in [6.07, 6.45) is 1.21. The summed E-state index contributed by atoms with van der Waals surface area (Å²) in [5, 5.41) is 5.01. The fraction of sp³-hybridized carbons (Fsp3) is 0.179. The Morgan fingerprint density at radius 2 is 1.50 bits per heavy atom. The van der Waals surface area contributed by atoms with Crippen LogP contribution in [0, 0.1) is 0 Å². The molecule has 0 saturated heterocycles. The summed E-state index contributed by atoms with van der Waals surface area (Å²) in [5.74, 6) is 0.0542. The third-order valence-corrected chi connectivity index (χ3v) is 7.04. The quantitative estimate of drug-likeness (QED) is 0.376. The summed E-state index contributed by atoms with van der Waals surface area (Å²) >= 11 is 0. The van der Waals surface area contributed by atoms with E-state index in [9.17, 15) is 13.2 Å². The van der Waals surface area contributed by atoms with Gasteiger partial charge >= 0.3 is 0 Å². The molecule has 0 unspecified atom stereocenters. The van der Waals surface area contributed by atoms with Crippen LogP contribution in [0.4, 0.5) is 5.69 Å². The van der Waals surface area contributed by atoms with E-state index < -0.39 is 10.0 Å². The molecule has 5 nitrogen and oxygen atoms in total. The smallest absolute Gasteiger partial charge is 0.251 e. The van der Waals surface area contributed by atoms with Crippen LogP contribution >= 0.6 is 0 Å². The van der Waals surface area contributed by atoms with Crippen molar-refractivity contribution < 1.29 is 13.2 Å². The van der Waals surface area contributed by atoms with Crippen molar-refractivity contribution in [1.82, 2.24) is 5.32 Å². The summed E-state index contributed by atoms with van der Waals surface area (Å²) in [4.78, 5) is 12.6. The van der Waals surface area contributed by atoms with Gasteiger partial charge in [-0.15, -0.1) is 0 Å². The van der Waals surface area contributed by atoms with Crippen molar-refractivity contribution in [2.75, 3.05) is 17.1 Å². The van der Waals surface area contributed by atoms with Crippen molar-refractivity contribution in [3.63, 3.8) is 0 Å². The van der Waals surface area contributed by atoms with Crippen LogP contribution in [0.1, 0.15) is 34.3 Å². The third kappa shape index (κ3) is 5.64. The van der Waals surface area contributed by atoms with Gasteiger partial charge in [-0.25, -0.2) is 8.42 Å². The van der Waals surface area contributed by atoms with Crippen LogP contribution in [0.2, 0.25) is 0 Å². The summed E-state index contributed by atoms with van der Waals surface area (Å²) in [6.45, 7) is 2.80. The highest BCUT2D eigenvalue weighted by Crippen LogP contribution is 2.25. The summed E-state index contributed by atoms with van der Waals surface area (Å²) in [7, 11) is -3.50. The van der Waals surface area contributed by atoms with E-state index in [1.54, 1.807) is 24.3 Å². The number of hydrogen-bond donors (Lipinski definition) is 1. The maximum atomic E-state index is 12.6. The van der Waals surface area contributed by atoms with Crippen molar-refractivity contribution in [2.24, 2.45) is 0 Å². The van der Waals surface area contributed by atoms with Gasteiger partial charge in [0.15, 0.2) is 0 Å². The Morgan fingerprint density at radius 3 is 2.18 bits per heavy atom. The lowest BCUT2D eigenvalue weighted by atomic mass is 10.0. The molecule has 0 saturated carbocycles. The molecule has 0 spiro atoms. The molecule has 1 amide bonds. The first-order chi connectivity index (χ1) is 16.3. The molecule has 6 heteroatoms. The molecule has 4 aromatic rings. The summed E-state index contributed by atoms with van der Waals surface area (Å²) in [5.41, 5.74) is 3.12. The molecular weight excluding hydrogens is 444 g/mol. The number of sulfonamides is 1. The standard InChI is InChI=1S/C28H28N2O3S/c1-21(23-8-4-3-5-9-23)19-29-28(31)25-14-12-22(13-15-25)20-30(34(2,32)33)27-17-16-24-10-6-7-11-26(24)18-27/h3-18,21H,19-20H2,1-2H3,(H,29,31)/t21-/m0/s1. The second-order valence-corrected chi connectivity index (χ2v) is 10.4. The van der Waals surface area contributed by atoms with Gasteiger partial charge in [0.25, 0.3) is 5.91 Å². The maximum Gasteiger partial charge on any atom is 0.251 e. The molecule has 0 bridgehead atoms. The molecule has 1 N–H and O–H groups in total. The maximum absolute atomic E-state index is 12.6. The largest absolute Gasteiger partial charge is 0.351 e. The molecule has 0 aliphatic rings. The Bertz CT molecular complexity index is 1380. The van der Waals surface area contributed by atoms with E-state index >= 15 is 0 Å². The first-order valence-corrected chi connectivity index (χ1v) is 13.0. The van der Waals surface area contributed by atoms with E-state index in [0.29, 0.717) is 17.8 Å². The molecule has 0 aromatic heterocycles. The number of anilines is 1. The number of fused-ring (bicyclic) bond motifs is 1. The lowest BCUT2D eigenvalue weighted by Gasteiger charge is -2.23. The van der Waals surface area contributed by atoms with E-state index in [1.807, 2.05) is 60.7 Å². The topological polar surface area (TPSA) is 66.5 Å². The van der Waals surface area contributed by atoms with E-state index in [2.05, 4.69) is 24.4 Å². The van der Waals surface area contributed by atoms with Crippen molar-refractivity contribution in [3.8, 4) is 0 Å². The Kier molecular flexibility index (Phi) is 6.98. The SMILES string of the molecule is C[C@@H](CNC(=O)c1ccc(CN(c2ccc3ccccc3c2)S(C)(=O)=O)cc1)c1ccccc1. The second-order valence-electron chi connectivity index (χ2n) is 8.52. The lowest BCUT2D eigenvalue weighted by molar-refractivity contribution is 0.0951. The average Bonchev–Trinajstić information content (AvgIpc) is 2.85. The minimum absolute atomic E-state index is 0.149. The van der Waals surface area contributed by atoms with Gasteiger partial charge in [0.05, 0.1) is 18.5 Å². The third-order valence-electron chi connectivity index (χ3n) is 5.90. The van der Waals surface area contributed by atoms with Crippen molar-refractivity contribution >= 4 is 32.4 Å². The van der Waals surface area contributed by atoms with Crippen LogP contribution in [0.5, 0.6) is 0 Å². The molecule has 0 heterocycles. The zero-order valence-electron chi connectivity index (χ0n) is 19.3. The number of nitrogens with one attached hydrogen (secondary N) is 1. The molecule has 0 aliphatic heterocycles. The van der Waals surface area contributed by atoms with Gasteiger partial charge in [0.2, 0.25) is 10.0 Å². The average molecular weight is 473 g/mol. The van der Waals surface area contributed by atoms with Crippen LogP contribution in [0.25, 0.3) is 10.8 Å². The zero-order chi connectivity index (χ0) is 24.1. The fourth-order valence-corrected chi connectivity index (χ4v) is 4.79. The molecule has 0 radical (unpaired) electrons. The second kappa shape index (κ2) is 10.1. The first kappa shape index (κ1) is 23.5. The molecule has 174 valence electrons. The van der Waals surface area contributed by atoms with Gasteiger partial charge in [-0.05, 0) is 52.1 Å². The molecule has 0 fully saturated rings. The monoisotopic (exact) mass is 472 g/mol. The molecule has 4 rings (SSSR count). The Labute approximate surface area is 201 Å². The minimum atomic E-state index is -3.50. The number of hydrogen-bond acceptors (Lipinski definition) is 3. The summed E-state index contributed by atoms with van der Waals surface area (Å²) < 4.78 is 26.5. The van der Waals surface area contributed by atoms with E-state index in [-0.39, 0.29) is 18.4 Å². The Hall–Kier alpha value is -3.64. The predicted octanol–water partition coefficient (Wildman–Crippen LogP) is 5.34. The van der Waals surface area contributed by atoms with E-state index in [0.717, 1.165) is 16.3 Å². The molecular formula is C28H28N2O3S. The van der Waals surface area contributed by atoms with Gasteiger partial charge < -0.3 is 5.32 Å². The van der Waals surface area contributed by atoms with Gasteiger partial charge in [0.1, 0.15) is 0 Å². The van der Waals surface area contributed by atoms with Gasteiger partial charge in [-0.2, -0.15) is 0 Å². The molecule has 34 heavy (non-hydrogen) atoms. The van der Waals surface area contributed by atoms with Gasteiger partial charge in [-0.3, -0.25) is 9.10 Å². The lowest BCUT2D eigenvalue weighted by Crippen LogP contribution is -2.29. The van der Waals surface area contributed by atoms with Crippen molar-refractivity contribution in [1.29, 1.82) is 0 Å². The minimum Gasteiger partial charge on any atom is -0.351 e. The molecule has 1 atom stereocenters. The molecule has 4 aromatic carbocycles.